The van der Waals surface area contributed by atoms with E-state index in [0.717, 1.165) is 18.4 Å². The van der Waals surface area contributed by atoms with E-state index in [1.807, 2.05) is 38.1 Å². The fraction of sp³-hybridized carbons (Fsp3) is 0.471. The molecule has 1 atom stereocenters. The van der Waals surface area contributed by atoms with E-state index in [1.54, 1.807) is 4.57 Å². The summed E-state index contributed by atoms with van der Waals surface area (Å²) in [6, 6.07) is 8.05. The minimum Gasteiger partial charge on any atom is -0.351 e. The van der Waals surface area contributed by atoms with E-state index in [-0.39, 0.29) is 16.8 Å². The van der Waals surface area contributed by atoms with Crippen molar-refractivity contribution in [3.8, 4) is 0 Å². The van der Waals surface area contributed by atoms with Crippen LogP contribution in [0.2, 0.25) is 0 Å². The molecule has 1 heterocycles. The maximum absolute atomic E-state index is 12.3. The average molecular weight is 348 g/mol. The Labute approximate surface area is 146 Å². The van der Waals surface area contributed by atoms with E-state index in [0.29, 0.717) is 18.2 Å². The number of unbranched alkanes of at least 4 members (excludes halogenated alkanes) is 1. The summed E-state index contributed by atoms with van der Waals surface area (Å²) in [5.74, 6) is -0.0712. The molecule has 0 saturated heterocycles. The minimum absolute atomic E-state index is 0.0712. The topological polar surface area (TPSA) is 79.8 Å². The van der Waals surface area contributed by atoms with E-state index >= 15 is 0 Å². The average Bonchev–Trinajstić information content (AvgIpc) is 2.92. The Bertz CT molecular complexity index is 721. The number of aryl methyl sites for hydroxylation is 1. The number of carbonyl (C=O) groups excluding carboxylic acids is 1. The van der Waals surface area contributed by atoms with Crippen LogP contribution in [0.3, 0.4) is 0 Å². The molecule has 2 N–H and O–H groups in total. The van der Waals surface area contributed by atoms with Crippen LogP contribution in [0.25, 0.3) is 0 Å². The predicted molar refractivity (Wildman–Crippen MR) is 96.1 cm³/mol. The number of nitrogens with zero attached hydrogens (tertiary/aromatic N) is 2. The van der Waals surface area contributed by atoms with Crippen molar-refractivity contribution in [3.05, 3.63) is 45.9 Å². The zero-order valence-electron chi connectivity index (χ0n) is 14.3. The Morgan fingerprint density at radius 3 is 2.75 bits per heavy atom. The van der Waals surface area contributed by atoms with Crippen LogP contribution in [-0.4, -0.2) is 25.9 Å². The highest BCUT2D eigenvalue weighted by Crippen LogP contribution is 2.20. The van der Waals surface area contributed by atoms with E-state index in [9.17, 15) is 9.59 Å². The van der Waals surface area contributed by atoms with Crippen molar-refractivity contribution in [2.24, 2.45) is 0 Å². The lowest BCUT2D eigenvalue weighted by molar-refractivity contribution is -0.120. The largest absolute Gasteiger partial charge is 0.351 e. The van der Waals surface area contributed by atoms with Crippen LogP contribution in [0.5, 0.6) is 0 Å². The van der Waals surface area contributed by atoms with Crippen molar-refractivity contribution in [2.45, 2.75) is 57.1 Å². The maximum Gasteiger partial charge on any atom is 0.343 e. The van der Waals surface area contributed by atoms with Gasteiger partial charge in [-0.25, -0.2) is 9.89 Å². The first-order valence-corrected chi connectivity index (χ1v) is 9.04. The van der Waals surface area contributed by atoms with Gasteiger partial charge in [-0.15, -0.1) is 5.10 Å². The standard InChI is InChI=1S/C17H24N4O2S/c1-4-5-10-21-16(23)19-20-17(21)24-13(3)15(22)18-11-14-8-6-12(2)7-9-14/h6-9,13H,4-5,10-11H2,1-3H3,(H,18,22)(H,19,23). The number of thioether (sulfide) groups is 1. The molecule has 7 heteroatoms. The normalized spacial score (nSPS) is 12.1. The molecule has 0 spiro atoms. The molecule has 0 radical (unpaired) electrons. The number of carbonyl (C=O) groups is 1. The molecule has 1 amide bonds. The number of hydrogen-bond donors (Lipinski definition) is 2. The van der Waals surface area contributed by atoms with Crippen molar-refractivity contribution in [1.29, 1.82) is 0 Å². The van der Waals surface area contributed by atoms with E-state index in [1.165, 1.54) is 17.3 Å². The van der Waals surface area contributed by atoms with Crippen molar-refractivity contribution in [1.82, 2.24) is 20.1 Å². The number of aromatic amines is 1. The molecule has 0 saturated carbocycles. The number of aromatic nitrogens is 3. The van der Waals surface area contributed by atoms with Crippen molar-refractivity contribution in [3.63, 3.8) is 0 Å². The quantitative estimate of drug-likeness (QED) is 0.718. The van der Waals surface area contributed by atoms with Crippen LogP contribution in [0, 0.1) is 6.92 Å². The molecule has 0 fully saturated rings. The Hall–Kier alpha value is -2.02. The summed E-state index contributed by atoms with van der Waals surface area (Å²) in [6.45, 7) is 7.03. The third kappa shape index (κ3) is 4.99. The second-order valence-corrected chi connectivity index (χ2v) is 7.09. The summed E-state index contributed by atoms with van der Waals surface area (Å²) in [7, 11) is 0. The van der Waals surface area contributed by atoms with Gasteiger partial charge in [-0.2, -0.15) is 0 Å². The van der Waals surface area contributed by atoms with E-state index < -0.39 is 0 Å². The smallest absolute Gasteiger partial charge is 0.343 e. The lowest BCUT2D eigenvalue weighted by Gasteiger charge is -2.12. The summed E-state index contributed by atoms with van der Waals surface area (Å²) >= 11 is 1.30. The molecule has 0 aliphatic rings. The third-order valence-electron chi connectivity index (χ3n) is 3.70. The summed E-state index contributed by atoms with van der Waals surface area (Å²) in [5, 5.41) is 9.64. The summed E-state index contributed by atoms with van der Waals surface area (Å²) < 4.78 is 1.60. The van der Waals surface area contributed by atoms with Gasteiger partial charge in [0.25, 0.3) is 0 Å². The lowest BCUT2D eigenvalue weighted by Crippen LogP contribution is -2.30. The molecule has 130 valence electrons. The molecule has 1 aromatic heterocycles. The Kier molecular flexibility index (Phi) is 6.66. The zero-order chi connectivity index (χ0) is 17.5. The van der Waals surface area contributed by atoms with Gasteiger partial charge in [-0.05, 0) is 25.8 Å². The highest BCUT2D eigenvalue weighted by atomic mass is 32.2. The highest BCUT2D eigenvalue weighted by molar-refractivity contribution is 8.00. The van der Waals surface area contributed by atoms with Gasteiger partial charge in [0, 0.05) is 13.1 Å². The molecule has 2 rings (SSSR count). The first-order valence-electron chi connectivity index (χ1n) is 8.16. The SMILES string of the molecule is CCCCn1c(SC(C)C(=O)NCc2ccc(C)cc2)n[nH]c1=O. The third-order valence-corrected chi connectivity index (χ3v) is 4.79. The van der Waals surface area contributed by atoms with Gasteiger partial charge in [0.1, 0.15) is 0 Å². The Morgan fingerprint density at radius 2 is 2.08 bits per heavy atom. The van der Waals surface area contributed by atoms with Crippen LogP contribution >= 0.6 is 11.8 Å². The number of H-pyrrole nitrogens is 1. The van der Waals surface area contributed by atoms with Gasteiger partial charge in [0.2, 0.25) is 5.91 Å². The van der Waals surface area contributed by atoms with E-state index in [2.05, 4.69) is 22.4 Å². The first kappa shape index (κ1) is 18.3. The van der Waals surface area contributed by atoms with Gasteiger partial charge in [-0.1, -0.05) is 54.9 Å². The molecular formula is C17H24N4O2S. The number of hydrogen-bond acceptors (Lipinski definition) is 4. The van der Waals surface area contributed by atoms with Crippen molar-refractivity contribution >= 4 is 17.7 Å². The molecule has 0 aliphatic carbocycles. The molecule has 1 aromatic carbocycles. The predicted octanol–water partition coefficient (Wildman–Crippen LogP) is 2.48. The van der Waals surface area contributed by atoms with Crippen LogP contribution in [-0.2, 0) is 17.9 Å². The van der Waals surface area contributed by atoms with Crippen molar-refractivity contribution in [2.75, 3.05) is 0 Å². The second-order valence-electron chi connectivity index (χ2n) is 5.78. The van der Waals surface area contributed by atoms with Crippen LogP contribution in [0.4, 0.5) is 0 Å². The number of benzene rings is 1. The van der Waals surface area contributed by atoms with Gasteiger partial charge in [0.15, 0.2) is 5.16 Å². The van der Waals surface area contributed by atoms with Crippen LogP contribution < -0.4 is 11.0 Å². The summed E-state index contributed by atoms with van der Waals surface area (Å²) in [6.07, 6.45) is 1.90. The summed E-state index contributed by atoms with van der Waals surface area (Å²) in [4.78, 5) is 24.0. The number of amides is 1. The molecular weight excluding hydrogens is 324 g/mol. The molecule has 2 aromatic rings. The monoisotopic (exact) mass is 348 g/mol. The molecule has 6 nitrogen and oxygen atoms in total. The second kappa shape index (κ2) is 8.73. The zero-order valence-corrected chi connectivity index (χ0v) is 15.2. The molecule has 0 bridgehead atoms. The minimum atomic E-state index is -0.328. The van der Waals surface area contributed by atoms with Gasteiger partial charge in [0.05, 0.1) is 5.25 Å². The van der Waals surface area contributed by atoms with Crippen molar-refractivity contribution < 1.29 is 4.79 Å². The van der Waals surface area contributed by atoms with Crippen LogP contribution in [0.1, 0.15) is 37.8 Å². The number of rotatable bonds is 8. The number of nitrogens with one attached hydrogen (secondary N) is 2. The Morgan fingerprint density at radius 1 is 1.38 bits per heavy atom. The lowest BCUT2D eigenvalue weighted by atomic mass is 10.1. The molecule has 1 unspecified atom stereocenters. The first-order chi connectivity index (χ1) is 11.5. The van der Waals surface area contributed by atoms with Gasteiger partial charge >= 0.3 is 5.69 Å². The fourth-order valence-corrected chi connectivity index (χ4v) is 3.06. The fourth-order valence-electron chi connectivity index (χ4n) is 2.16. The highest BCUT2D eigenvalue weighted by Gasteiger charge is 2.18. The van der Waals surface area contributed by atoms with Crippen LogP contribution in [0.15, 0.2) is 34.2 Å². The van der Waals surface area contributed by atoms with Gasteiger partial charge < -0.3 is 5.32 Å². The Balaban J connectivity index is 1.91. The van der Waals surface area contributed by atoms with Gasteiger partial charge in [-0.3, -0.25) is 9.36 Å². The summed E-state index contributed by atoms with van der Waals surface area (Å²) in [5.41, 5.74) is 2.03. The maximum atomic E-state index is 12.3. The molecule has 24 heavy (non-hydrogen) atoms. The van der Waals surface area contributed by atoms with E-state index in [4.69, 9.17) is 0 Å². The molecule has 0 aliphatic heterocycles.